The van der Waals surface area contributed by atoms with Crippen LogP contribution in [0, 0.1) is 20.2 Å². The maximum absolute atomic E-state index is 12.5. The molecule has 0 radical (unpaired) electrons. The fraction of sp³-hybridized carbons (Fsp3) is 0.333. The van der Waals surface area contributed by atoms with Crippen LogP contribution in [0.5, 0.6) is 0 Å². The van der Waals surface area contributed by atoms with Crippen LogP contribution in [0.4, 0.5) is 11.4 Å². The van der Waals surface area contributed by atoms with Crippen molar-refractivity contribution in [1.29, 1.82) is 0 Å². The van der Waals surface area contributed by atoms with Gasteiger partial charge in [-0.25, -0.2) is 9.59 Å². The van der Waals surface area contributed by atoms with E-state index in [0.717, 1.165) is 14.2 Å². The molecular weight excluding hydrogens is 504 g/mol. The first kappa shape index (κ1) is 29.4. The summed E-state index contributed by atoms with van der Waals surface area (Å²) in [7, 11) is 2.32. The van der Waals surface area contributed by atoms with Crippen LogP contribution in [0.2, 0.25) is 0 Å². The van der Waals surface area contributed by atoms with E-state index < -0.39 is 45.7 Å². The average Bonchev–Trinajstić information content (AvgIpc) is 2.92. The van der Waals surface area contributed by atoms with Crippen molar-refractivity contribution < 1.29 is 38.5 Å². The highest BCUT2D eigenvalue weighted by Crippen LogP contribution is 2.15. The minimum absolute atomic E-state index is 0.115. The predicted molar refractivity (Wildman–Crippen MR) is 131 cm³/mol. The van der Waals surface area contributed by atoms with E-state index in [1.807, 2.05) is 0 Å². The fourth-order valence-corrected chi connectivity index (χ4v) is 3.43. The van der Waals surface area contributed by atoms with Crippen molar-refractivity contribution in [3.05, 3.63) is 79.9 Å². The van der Waals surface area contributed by atoms with Crippen LogP contribution in [0.15, 0.2) is 48.5 Å². The van der Waals surface area contributed by atoms with Gasteiger partial charge in [-0.2, -0.15) is 0 Å². The van der Waals surface area contributed by atoms with E-state index in [1.165, 1.54) is 48.5 Å². The summed E-state index contributed by atoms with van der Waals surface area (Å²) in [5, 5.41) is 26.6. The van der Waals surface area contributed by atoms with Gasteiger partial charge in [0.25, 0.3) is 23.2 Å². The molecule has 0 aliphatic carbocycles. The lowest BCUT2D eigenvalue weighted by molar-refractivity contribution is -0.385. The number of benzene rings is 2. The molecule has 2 rings (SSSR count). The zero-order valence-electron chi connectivity index (χ0n) is 20.6. The number of esters is 2. The number of nitrogens with zero attached hydrogens (tertiary/aromatic N) is 2. The van der Waals surface area contributed by atoms with E-state index in [-0.39, 0.29) is 35.3 Å². The molecule has 0 spiro atoms. The van der Waals surface area contributed by atoms with Gasteiger partial charge < -0.3 is 20.1 Å². The van der Waals surface area contributed by atoms with Crippen molar-refractivity contribution in [3.8, 4) is 0 Å². The third-order valence-corrected chi connectivity index (χ3v) is 5.50. The quantitative estimate of drug-likeness (QED) is 0.168. The number of nitro benzene ring substituents is 2. The summed E-state index contributed by atoms with van der Waals surface area (Å²) in [4.78, 5) is 69.7. The number of non-ortho nitro benzene ring substituents is 2. The largest absolute Gasteiger partial charge is 0.467 e. The molecule has 0 bridgehead atoms. The lowest BCUT2D eigenvalue weighted by Gasteiger charge is -2.18. The van der Waals surface area contributed by atoms with Gasteiger partial charge in [-0.15, -0.1) is 0 Å². The number of nitrogens with one attached hydrogen (secondary N) is 2. The van der Waals surface area contributed by atoms with Gasteiger partial charge in [0.2, 0.25) is 0 Å². The molecule has 2 aromatic carbocycles. The summed E-state index contributed by atoms with van der Waals surface area (Å²) in [5.74, 6) is -2.65. The molecule has 0 saturated carbocycles. The van der Waals surface area contributed by atoms with E-state index in [9.17, 15) is 39.4 Å². The molecule has 0 fully saturated rings. The molecule has 14 heteroatoms. The number of hydrogen-bond acceptors (Lipinski definition) is 10. The Labute approximate surface area is 216 Å². The second kappa shape index (κ2) is 14.0. The molecule has 0 heterocycles. The number of carbonyl (C=O) groups is 4. The van der Waals surface area contributed by atoms with Crippen molar-refractivity contribution in [2.24, 2.45) is 0 Å². The monoisotopic (exact) mass is 530 g/mol. The molecular formula is C24H26N4O10. The van der Waals surface area contributed by atoms with E-state index in [4.69, 9.17) is 9.47 Å². The van der Waals surface area contributed by atoms with Crippen LogP contribution in [-0.2, 0) is 19.1 Å². The highest BCUT2D eigenvalue weighted by Gasteiger charge is 2.25. The Kier molecular flexibility index (Phi) is 10.8. The zero-order valence-corrected chi connectivity index (χ0v) is 20.6. The Hall–Kier alpha value is -4.88. The number of nitro groups is 2. The third-order valence-electron chi connectivity index (χ3n) is 5.50. The lowest BCUT2D eigenvalue weighted by Crippen LogP contribution is -2.42. The molecule has 0 aromatic heterocycles. The molecule has 2 aromatic rings. The summed E-state index contributed by atoms with van der Waals surface area (Å²) in [6.45, 7) is 0. The smallest absolute Gasteiger partial charge is 0.328 e. The Morgan fingerprint density at radius 1 is 0.684 bits per heavy atom. The number of carbonyl (C=O) groups excluding carboxylic acids is 4. The Balaban J connectivity index is 1.95. The van der Waals surface area contributed by atoms with Crippen molar-refractivity contribution in [2.45, 2.75) is 37.8 Å². The van der Waals surface area contributed by atoms with Crippen LogP contribution in [0.1, 0.15) is 46.4 Å². The van der Waals surface area contributed by atoms with E-state index in [2.05, 4.69) is 10.6 Å². The first-order valence-corrected chi connectivity index (χ1v) is 11.3. The van der Waals surface area contributed by atoms with Gasteiger partial charge in [0, 0.05) is 35.4 Å². The highest BCUT2D eigenvalue weighted by atomic mass is 16.6. The minimum Gasteiger partial charge on any atom is -0.467 e. The third kappa shape index (κ3) is 8.36. The molecule has 0 unspecified atom stereocenters. The summed E-state index contributed by atoms with van der Waals surface area (Å²) in [5.41, 5.74) is -0.146. The average molecular weight is 530 g/mol. The summed E-state index contributed by atoms with van der Waals surface area (Å²) >= 11 is 0. The number of ether oxygens (including phenoxy) is 2. The van der Waals surface area contributed by atoms with E-state index >= 15 is 0 Å². The molecule has 0 aliphatic heterocycles. The first-order valence-electron chi connectivity index (χ1n) is 11.3. The lowest BCUT2D eigenvalue weighted by atomic mass is 10.0. The number of amides is 2. The Morgan fingerprint density at radius 3 is 1.26 bits per heavy atom. The second-order valence-corrected chi connectivity index (χ2v) is 7.99. The van der Waals surface area contributed by atoms with Crippen LogP contribution < -0.4 is 10.6 Å². The number of methoxy groups -OCH3 is 2. The van der Waals surface area contributed by atoms with Gasteiger partial charge in [0.1, 0.15) is 12.1 Å². The summed E-state index contributed by atoms with van der Waals surface area (Å²) < 4.78 is 9.48. The maximum Gasteiger partial charge on any atom is 0.328 e. The number of hydrogen-bond donors (Lipinski definition) is 2. The van der Waals surface area contributed by atoms with Gasteiger partial charge in [-0.1, -0.05) is 12.8 Å². The first-order chi connectivity index (χ1) is 18.1. The zero-order chi connectivity index (χ0) is 28.2. The van der Waals surface area contributed by atoms with Crippen molar-refractivity contribution >= 4 is 35.1 Å². The van der Waals surface area contributed by atoms with Crippen LogP contribution in [0.3, 0.4) is 0 Å². The topological polar surface area (TPSA) is 197 Å². The molecule has 38 heavy (non-hydrogen) atoms. The van der Waals surface area contributed by atoms with E-state index in [1.54, 1.807) is 0 Å². The molecule has 202 valence electrons. The van der Waals surface area contributed by atoms with Crippen molar-refractivity contribution in [2.75, 3.05) is 14.2 Å². The number of unbranched alkanes of at least 4 members (excludes halogenated alkanes) is 1. The number of rotatable bonds is 13. The molecule has 14 nitrogen and oxygen atoms in total. The predicted octanol–water partition coefficient (Wildman–Crippen LogP) is 2.31. The van der Waals surface area contributed by atoms with Crippen LogP contribution in [-0.4, -0.2) is 59.9 Å². The highest BCUT2D eigenvalue weighted by molar-refractivity contribution is 5.97. The van der Waals surface area contributed by atoms with Gasteiger partial charge in [-0.05, 0) is 37.1 Å². The standard InChI is InChI=1S/C24H26N4O10/c1-37-23(31)19(25-21(29)15-7-11-17(12-8-15)27(33)34)5-3-4-6-20(24(32)38-2)26-22(30)16-9-13-18(14-10-16)28(35)36/h7-14,19-20H,3-6H2,1-2H3,(H,25,29)(H,26,30)/t19-,20-/m0/s1. The maximum atomic E-state index is 12.5. The van der Waals surface area contributed by atoms with E-state index in [0.29, 0.717) is 12.8 Å². The van der Waals surface area contributed by atoms with Gasteiger partial charge in [-0.3, -0.25) is 29.8 Å². The molecule has 0 aliphatic rings. The Bertz CT molecular complexity index is 1090. The molecule has 0 saturated heterocycles. The molecule has 2 atom stereocenters. The van der Waals surface area contributed by atoms with Crippen LogP contribution in [0.25, 0.3) is 0 Å². The van der Waals surface area contributed by atoms with Gasteiger partial charge in [0.15, 0.2) is 0 Å². The normalized spacial score (nSPS) is 11.9. The fourth-order valence-electron chi connectivity index (χ4n) is 3.43. The van der Waals surface area contributed by atoms with Crippen LogP contribution >= 0.6 is 0 Å². The summed E-state index contributed by atoms with van der Waals surface area (Å²) in [6.07, 6.45) is 0.994. The SMILES string of the molecule is COC(=O)[C@H](CCCC[C@H](NC(=O)c1ccc([N+](=O)[O-])cc1)C(=O)OC)NC(=O)c1ccc([N+](=O)[O-])cc1. The molecule has 2 N–H and O–H groups in total. The van der Waals surface area contributed by atoms with Gasteiger partial charge in [0.05, 0.1) is 24.1 Å². The van der Waals surface area contributed by atoms with Crippen molar-refractivity contribution in [3.63, 3.8) is 0 Å². The van der Waals surface area contributed by atoms with Crippen molar-refractivity contribution in [1.82, 2.24) is 10.6 Å². The summed E-state index contributed by atoms with van der Waals surface area (Å²) in [6, 6.07) is 7.67. The second-order valence-electron chi connectivity index (χ2n) is 7.99. The molecule has 2 amide bonds. The minimum atomic E-state index is -1.02. The van der Waals surface area contributed by atoms with Gasteiger partial charge >= 0.3 is 11.9 Å². The Morgan fingerprint density at radius 2 is 1.00 bits per heavy atom.